The van der Waals surface area contributed by atoms with Gasteiger partial charge in [-0.25, -0.2) is 0 Å². The van der Waals surface area contributed by atoms with Gasteiger partial charge in [-0.3, -0.25) is 4.79 Å². The lowest BCUT2D eigenvalue weighted by Crippen LogP contribution is -2.60. The molecule has 0 aromatic rings. The second-order valence-corrected chi connectivity index (χ2v) is 12.6. The van der Waals surface area contributed by atoms with Crippen molar-refractivity contribution < 1.29 is 39.8 Å². The molecule has 7 atom stereocenters. The number of rotatable bonds is 28. The number of carbonyl (C=O) groups is 1. The van der Waals surface area contributed by atoms with Crippen molar-refractivity contribution in [2.75, 3.05) is 13.2 Å². The summed E-state index contributed by atoms with van der Waals surface area (Å²) in [6.07, 6.45) is 34.9. The Morgan fingerprint density at radius 1 is 0.700 bits per heavy atom. The molecule has 0 spiro atoms. The summed E-state index contributed by atoms with van der Waals surface area (Å²) in [6, 6.07) is -0.853. The van der Waals surface area contributed by atoms with Crippen molar-refractivity contribution >= 4 is 5.91 Å². The molecule has 1 aliphatic rings. The van der Waals surface area contributed by atoms with Gasteiger partial charge in [0.25, 0.3) is 0 Å². The van der Waals surface area contributed by atoms with Crippen LogP contribution < -0.4 is 5.32 Å². The van der Waals surface area contributed by atoms with Crippen LogP contribution in [0.25, 0.3) is 0 Å². The number of nitrogens with one attached hydrogen (secondary N) is 1. The third kappa shape index (κ3) is 22.2. The largest absolute Gasteiger partial charge is 0.394 e. The van der Waals surface area contributed by atoms with Gasteiger partial charge in [0.15, 0.2) is 6.29 Å². The highest BCUT2D eigenvalue weighted by molar-refractivity contribution is 5.76. The molecule has 7 unspecified atom stereocenters. The molecule has 1 rings (SSSR count). The lowest BCUT2D eigenvalue weighted by atomic mass is 9.99. The molecule has 1 aliphatic heterocycles. The van der Waals surface area contributed by atoms with Gasteiger partial charge in [-0.15, -0.1) is 0 Å². The second-order valence-electron chi connectivity index (χ2n) is 12.6. The fraction of sp³-hybridized carbons (Fsp3) is 0.634. The van der Waals surface area contributed by atoms with Crippen LogP contribution in [0.2, 0.25) is 0 Å². The Hall–Kier alpha value is -2.63. The molecule has 0 aliphatic carbocycles. The first-order valence-electron chi connectivity index (χ1n) is 18.8. The van der Waals surface area contributed by atoms with E-state index in [0.29, 0.717) is 6.42 Å². The number of aliphatic hydroxyl groups excluding tert-OH is 5. The van der Waals surface area contributed by atoms with Gasteiger partial charge in [0.2, 0.25) is 5.91 Å². The number of hydrogen-bond acceptors (Lipinski definition) is 8. The van der Waals surface area contributed by atoms with Crippen LogP contribution in [0, 0.1) is 0 Å². The molecule has 0 saturated carbocycles. The van der Waals surface area contributed by atoms with Crippen LogP contribution in [0.4, 0.5) is 0 Å². The topological polar surface area (TPSA) is 149 Å². The Labute approximate surface area is 301 Å². The zero-order valence-electron chi connectivity index (χ0n) is 30.6. The number of ether oxygens (including phenoxy) is 2. The molecule has 50 heavy (non-hydrogen) atoms. The number of hydrogen-bond donors (Lipinski definition) is 6. The quantitative estimate of drug-likeness (QED) is 0.0404. The van der Waals surface area contributed by atoms with Crippen LogP contribution in [-0.2, 0) is 14.3 Å². The van der Waals surface area contributed by atoms with Crippen LogP contribution in [0.5, 0.6) is 0 Å². The van der Waals surface area contributed by atoms with E-state index in [4.69, 9.17) is 9.47 Å². The summed E-state index contributed by atoms with van der Waals surface area (Å²) in [5.41, 5.74) is 0. The van der Waals surface area contributed by atoms with E-state index in [1.54, 1.807) is 6.08 Å². The predicted octanol–water partition coefficient (Wildman–Crippen LogP) is 6.43. The van der Waals surface area contributed by atoms with Crippen LogP contribution in [0.3, 0.4) is 0 Å². The number of carbonyl (C=O) groups excluding carboxylic acids is 1. The van der Waals surface area contributed by atoms with E-state index in [9.17, 15) is 30.3 Å². The Kier molecular flexibility index (Phi) is 28.3. The second kappa shape index (κ2) is 31.1. The highest BCUT2D eigenvalue weighted by atomic mass is 16.7. The van der Waals surface area contributed by atoms with Crippen LogP contribution in [0.1, 0.15) is 110 Å². The van der Waals surface area contributed by atoms with Crippen LogP contribution in [-0.4, -0.2) is 87.5 Å². The zero-order chi connectivity index (χ0) is 36.7. The summed E-state index contributed by atoms with van der Waals surface area (Å²) >= 11 is 0. The van der Waals surface area contributed by atoms with Crippen molar-refractivity contribution in [1.82, 2.24) is 5.32 Å². The Morgan fingerprint density at radius 3 is 1.88 bits per heavy atom. The molecule has 284 valence electrons. The molecule has 0 aromatic carbocycles. The minimum Gasteiger partial charge on any atom is -0.394 e. The summed E-state index contributed by atoms with van der Waals surface area (Å²) in [5.74, 6) is -0.252. The summed E-state index contributed by atoms with van der Waals surface area (Å²) in [5, 5.41) is 53.7. The van der Waals surface area contributed by atoms with Crippen molar-refractivity contribution in [2.24, 2.45) is 0 Å². The Balaban J connectivity index is 2.53. The number of unbranched alkanes of at least 4 members (excludes halogenated alkanes) is 6. The van der Waals surface area contributed by atoms with Gasteiger partial charge in [-0.2, -0.15) is 0 Å². The summed E-state index contributed by atoms with van der Waals surface area (Å²) in [6.45, 7) is 3.52. The van der Waals surface area contributed by atoms with Crippen LogP contribution >= 0.6 is 0 Å². The molecule has 9 nitrogen and oxygen atoms in total. The molecule has 1 fully saturated rings. The van der Waals surface area contributed by atoms with E-state index in [1.807, 2.05) is 6.08 Å². The van der Waals surface area contributed by atoms with Gasteiger partial charge >= 0.3 is 0 Å². The molecule has 0 aromatic heterocycles. The Morgan fingerprint density at radius 2 is 1.26 bits per heavy atom. The lowest BCUT2D eigenvalue weighted by Gasteiger charge is -2.40. The highest BCUT2D eigenvalue weighted by Gasteiger charge is 2.44. The molecule has 0 radical (unpaired) electrons. The average molecular weight is 702 g/mol. The van der Waals surface area contributed by atoms with E-state index < -0.39 is 49.5 Å². The monoisotopic (exact) mass is 701 g/mol. The maximum Gasteiger partial charge on any atom is 0.220 e. The van der Waals surface area contributed by atoms with Gasteiger partial charge in [-0.05, 0) is 70.6 Å². The summed E-state index contributed by atoms with van der Waals surface area (Å²) < 4.78 is 11.1. The zero-order valence-corrected chi connectivity index (χ0v) is 30.6. The van der Waals surface area contributed by atoms with Gasteiger partial charge in [0.05, 0.1) is 25.4 Å². The molecule has 0 bridgehead atoms. The average Bonchev–Trinajstić information content (AvgIpc) is 3.11. The van der Waals surface area contributed by atoms with E-state index in [-0.39, 0.29) is 18.9 Å². The highest BCUT2D eigenvalue weighted by Crippen LogP contribution is 2.22. The first-order valence-corrected chi connectivity index (χ1v) is 18.8. The first-order chi connectivity index (χ1) is 24.3. The van der Waals surface area contributed by atoms with E-state index in [1.165, 1.54) is 25.7 Å². The van der Waals surface area contributed by atoms with Crippen molar-refractivity contribution in [3.05, 3.63) is 85.1 Å². The third-order valence-corrected chi connectivity index (χ3v) is 8.20. The van der Waals surface area contributed by atoms with Crippen molar-refractivity contribution in [2.45, 2.75) is 153 Å². The van der Waals surface area contributed by atoms with Crippen molar-refractivity contribution in [3.8, 4) is 0 Å². The molecular formula is C41H67NO8. The van der Waals surface area contributed by atoms with Gasteiger partial charge in [0, 0.05) is 6.42 Å². The maximum absolute atomic E-state index is 12.8. The maximum atomic E-state index is 12.8. The fourth-order valence-electron chi connectivity index (χ4n) is 5.14. The van der Waals surface area contributed by atoms with E-state index in [0.717, 1.165) is 57.8 Å². The minimum atomic E-state index is -1.58. The van der Waals surface area contributed by atoms with Crippen LogP contribution in [0.15, 0.2) is 85.1 Å². The van der Waals surface area contributed by atoms with Crippen molar-refractivity contribution in [3.63, 3.8) is 0 Å². The summed E-state index contributed by atoms with van der Waals surface area (Å²) in [7, 11) is 0. The number of allylic oxidation sites excluding steroid dienone is 13. The number of aliphatic hydroxyl groups is 5. The van der Waals surface area contributed by atoms with Gasteiger partial charge in [-0.1, -0.05) is 118 Å². The van der Waals surface area contributed by atoms with Gasteiger partial charge in [0.1, 0.15) is 24.4 Å². The predicted molar refractivity (Wildman–Crippen MR) is 202 cm³/mol. The molecule has 6 N–H and O–H groups in total. The fourth-order valence-corrected chi connectivity index (χ4v) is 5.14. The Bertz CT molecular complexity index is 1050. The molecule has 9 heteroatoms. The molecular weight excluding hydrogens is 634 g/mol. The van der Waals surface area contributed by atoms with Crippen molar-refractivity contribution in [1.29, 1.82) is 0 Å². The standard InChI is InChI=1S/C41H67NO8/c1-3-5-7-9-11-13-15-16-17-18-19-20-21-23-25-27-29-31-37(45)42-34(33-49-41-40(48)39(47)38(46)36(32-43)50-41)35(44)30-28-26-24-22-14-12-10-8-6-4-2/h5,7,11,13-14,16-17,19-20,22-23,25,28,30,34-36,38-41,43-44,46-48H,3-4,6,8-10,12,15,18,21,24,26-27,29,31-33H2,1-2H3,(H,42,45)/b7-5-,13-11-,17-16-,20-19-,22-14+,25-23-,30-28+. The first kappa shape index (κ1) is 45.4. The number of amides is 1. The molecule has 1 amide bonds. The van der Waals surface area contributed by atoms with Gasteiger partial charge < -0.3 is 40.3 Å². The molecule has 1 saturated heterocycles. The third-order valence-electron chi connectivity index (χ3n) is 8.20. The smallest absolute Gasteiger partial charge is 0.220 e. The summed E-state index contributed by atoms with van der Waals surface area (Å²) in [4.78, 5) is 12.8. The van der Waals surface area contributed by atoms with E-state index >= 15 is 0 Å². The normalized spacial score (nSPS) is 23.2. The van der Waals surface area contributed by atoms with E-state index in [2.05, 4.69) is 92.1 Å². The molecule has 1 heterocycles. The minimum absolute atomic E-state index is 0.230. The lowest BCUT2D eigenvalue weighted by molar-refractivity contribution is -0.302. The SMILES string of the molecule is CC/C=C\C/C=C\C/C=C\C/C=C\C/C=C\CCCC(=O)NC(COC1OC(CO)C(O)C(O)C1O)C(O)/C=C/CC/C=C/CCCCCC.